The molecular formula is C16H34. The van der Waals surface area contributed by atoms with Gasteiger partial charge in [-0.25, -0.2) is 0 Å². The molecule has 16 heavy (non-hydrogen) atoms. The first kappa shape index (κ1) is 16.0. The Labute approximate surface area is 104 Å². The largest absolute Gasteiger partial charge is 0.0654 e. The first-order valence-corrected chi connectivity index (χ1v) is 7.39. The first-order chi connectivity index (χ1) is 7.39. The highest BCUT2D eigenvalue weighted by atomic mass is 14.4. The van der Waals surface area contributed by atoms with Crippen molar-refractivity contribution in [1.29, 1.82) is 0 Å². The maximum Gasteiger partial charge on any atom is -0.0300 e. The van der Waals surface area contributed by atoms with Crippen molar-refractivity contribution in [3.63, 3.8) is 0 Å². The van der Waals surface area contributed by atoms with E-state index in [2.05, 4.69) is 48.5 Å². The van der Waals surface area contributed by atoms with Crippen LogP contribution in [0.3, 0.4) is 0 Å². The molecule has 0 aromatic rings. The van der Waals surface area contributed by atoms with Gasteiger partial charge in [-0.1, -0.05) is 74.1 Å². The van der Waals surface area contributed by atoms with Crippen LogP contribution in [0.4, 0.5) is 0 Å². The fourth-order valence-corrected chi connectivity index (χ4v) is 2.86. The monoisotopic (exact) mass is 226 g/mol. The lowest BCUT2D eigenvalue weighted by Gasteiger charge is -2.40. The summed E-state index contributed by atoms with van der Waals surface area (Å²) in [5, 5.41) is 0. The number of rotatable bonds is 8. The van der Waals surface area contributed by atoms with Gasteiger partial charge in [0.25, 0.3) is 0 Å². The van der Waals surface area contributed by atoms with Crippen molar-refractivity contribution >= 4 is 0 Å². The number of hydrogen-bond acceptors (Lipinski definition) is 0. The molecule has 0 N–H and O–H groups in total. The summed E-state index contributed by atoms with van der Waals surface area (Å²) in [5.74, 6) is 2.63. The van der Waals surface area contributed by atoms with Gasteiger partial charge in [-0.3, -0.25) is 0 Å². The molecule has 0 saturated carbocycles. The van der Waals surface area contributed by atoms with Crippen LogP contribution < -0.4 is 0 Å². The SMILES string of the molecule is CCCC(C)C(C)(C)C(CC)CC(C)CC. The van der Waals surface area contributed by atoms with Gasteiger partial charge in [-0.05, 0) is 29.6 Å². The minimum atomic E-state index is 0.508. The zero-order valence-electron chi connectivity index (χ0n) is 12.8. The van der Waals surface area contributed by atoms with Gasteiger partial charge in [-0.2, -0.15) is 0 Å². The van der Waals surface area contributed by atoms with Crippen molar-refractivity contribution in [2.45, 2.75) is 80.6 Å². The van der Waals surface area contributed by atoms with Gasteiger partial charge in [0.15, 0.2) is 0 Å². The van der Waals surface area contributed by atoms with Gasteiger partial charge in [0, 0.05) is 0 Å². The van der Waals surface area contributed by atoms with Gasteiger partial charge in [0.1, 0.15) is 0 Å². The summed E-state index contributed by atoms with van der Waals surface area (Å²) >= 11 is 0. The maximum atomic E-state index is 2.49. The first-order valence-electron chi connectivity index (χ1n) is 7.39. The third kappa shape index (κ3) is 4.47. The van der Waals surface area contributed by atoms with Crippen LogP contribution in [0.15, 0.2) is 0 Å². The minimum Gasteiger partial charge on any atom is -0.0654 e. The molecule has 3 unspecified atom stereocenters. The van der Waals surface area contributed by atoms with E-state index >= 15 is 0 Å². The van der Waals surface area contributed by atoms with E-state index in [1.54, 1.807) is 0 Å². The Morgan fingerprint density at radius 3 is 1.88 bits per heavy atom. The summed E-state index contributed by atoms with van der Waals surface area (Å²) in [7, 11) is 0. The van der Waals surface area contributed by atoms with Gasteiger partial charge < -0.3 is 0 Å². The van der Waals surface area contributed by atoms with Crippen LogP contribution in [-0.2, 0) is 0 Å². The lowest BCUT2D eigenvalue weighted by molar-refractivity contribution is 0.0939. The third-order valence-electron chi connectivity index (χ3n) is 4.92. The Balaban J connectivity index is 4.52. The summed E-state index contributed by atoms with van der Waals surface area (Å²) in [6.45, 7) is 16.8. The van der Waals surface area contributed by atoms with Crippen molar-refractivity contribution in [3.8, 4) is 0 Å². The second-order valence-corrected chi connectivity index (χ2v) is 6.37. The lowest BCUT2D eigenvalue weighted by Crippen LogP contribution is -2.32. The third-order valence-corrected chi connectivity index (χ3v) is 4.92. The summed E-state index contributed by atoms with van der Waals surface area (Å²) in [6.07, 6.45) is 6.78. The van der Waals surface area contributed by atoms with Crippen LogP contribution in [0.5, 0.6) is 0 Å². The molecule has 0 heterocycles. The molecule has 0 bridgehead atoms. The van der Waals surface area contributed by atoms with E-state index in [9.17, 15) is 0 Å². The van der Waals surface area contributed by atoms with E-state index in [0.717, 1.165) is 17.8 Å². The molecule has 0 fully saturated rings. The topological polar surface area (TPSA) is 0 Å². The molecule has 0 radical (unpaired) electrons. The summed E-state index contributed by atoms with van der Waals surface area (Å²) in [6, 6.07) is 0. The molecule has 0 saturated heterocycles. The Kier molecular flexibility index (Phi) is 7.35. The molecule has 0 aromatic heterocycles. The lowest BCUT2D eigenvalue weighted by atomic mass is 9.65. The van der Waals surface area contributed by atoms with E-state index in [1.165, 1.54) is 32.1 Å². The Morgan fingerprint density at radius 1 is 0.938 bits per heavy atom. The predicted molar refractivity (Wildman–Crippen MR) is 75.7 cm³/mol. The highest BCUT2D eigenvalue weighted by Crippen LogP contribution is 2.42. The van der Waals surface area contributed by atoms with Gasteiger partial charge in [0.05, 0.1) is 0 Å². The van der Waals surface area contributed by atoms with Crippen LogP contribution in [0, 0.1) is 23.2 Å². The maximum absolute atomic E-state index is 2.49. The van der Waals surface area contributed by atoms with Crippen molar-refractivity contribution in [3.05, 3.63) is 0 Å². The van der Waals surface area contributed by atoms with Crippen molar-refractivity contribution in [2.75, 3.05) is 0 Å². The smallest absolute Gasteiger partial charge is 0.0300 e. The molecular weight excluding hydrogens is 192 g/mol. The summed E-state index contributed by atoms with van der Waals surface area (Å²) < 4.78 is 0. The van der Waals surface area contributed by atoms with Gasteiger partial charge in [0.2, 0.25) is 0 Å². The highest BCUT2D eigenvalue weighted by molar-refractivity contribution is 4.83. The standard InChI is InChI=1S/C16H34/c1-8-11-14(5)16(6,7)15(10-3)12-13(4)9-2/h13-15H,8-12H2,1-7H3. The zero-order chi connectivity index (χ0) is 12.8. The molecule has 0 nitrogen and oxygen atoms in total. The molecule has 0 rings (SSSR count). The molecule has 98 valence electrons. The van der Waals surface area contributed by atoms with Crippen LogP contribution in [0.1, 0.15) is 80.6 Å². The van der Waals surface area contributed by atoms with Gasteiger partial charge in [-0.15, -0.1) is 0 Å². The molecule has 0 heteroatoms. The second kappa shape index (κ2) is 7.35. The second-order valence-electron chi connectivity index (χ2n) is 6.37. The van der Waals surface area contributed by atoms with E-state index in [0.29, 0.717) is 5.41 Å². The zero-order valence-corrected chi connectivity index (χ0v) is 12.8. The number of hydrogen-bond donors (Lipinski definition) is 0. The molecule has 0 amide bonds. The van der Waals surface area contributed by atoms with E-state index in [-0.39, 0.29) is 0 Å². The fourth-order valence-electron chi connectivity index (χ4n) is 2.86. The fraction of sp³-hybridized carbons (Fsp3) is 1.00. The molecule has 0 aliphatic carbocycles. The molecule has 0 aliphatic heterocycles. The Hall–Kier alpha value is 0. The average molecular weight is 226 g/mol. The van der Waals surface area contributed by atoms with Gasteiger partial charge >= 0.3 is 0 Å². The Bertz CT molecular complexity index is 169. The van der Waals surface area contributed by atoms with Crippen LogP contribution in [-0.4, -0.2) is 0 Å². The Morgan fingerprint density at radius 2 is 1.50 bits per heavy atom. The van der Waals surface area contributed by atoms with Crippen LogP contribution >= 0.6 is 0 Å². The van der Waals surface area contributed by atoms with Crippen LogP contribution in [0.25, 0.3) is 0 Å². The quantitative estimate of drug-likeness (QED) is 0.482. The summed E-state index contributed by atoms with van der Waals surface area (Å²) in [5.41, 5.74) is 0.508. The summed E-state index contributed by atoms with van der Waals surface area (Å²) in [4.78, 5) is 0. The van der Waals surface area contributed by atoms with Crippen molar-refractivity contribution in [1.82, 2.24) is 0 Å². The van der Waals surface area contributed by atoms with E-state index in [1.807, 2.05) is 0 Å². The molecule has 0 spiro atoms. The van der Waals surface area contributed by atoms with E-state index in [4.69, 9.17) is 0 Å². The molecule has 3 atom stereocenters. The average Bonchev–Trinajstić information content (AvgIpc) is 2.25. The van der Waals surface area contributed by atoms with E-state index < -0.39 is 0 Å². The molecule has 0 aromatic carbocycles. The minimum absolute atomic E-state index is 0.508. The van der Waals surface area contributed by atoms with Crippen molar-refractivity contribution < 1.29 is 0 Å². The molecule has 0 aliphatic rings. The normalized spacial score (nSPS) is 18.2. The highest BCUT2D eigenvalue weighted by Gasteiger charge is 2.33. The van der Waals surface area contributed by atoms with Crippen molar-refractivity contribution in [2.24, 2.45) is 23.2 Å². The predicted octanol–water partition coefficient (Wildman–Crippen LogP) is 5.91. The van der Waals surface area contributed by atoms with Crippen LogP contribution in [0.2, 0.25) is 0 Å².